The number of rotatable bonds is 12. The van der Waals surface area contributed by atoms with E-state index in [4.69, 9.17) is 18.6 Å². The predicted molar refractivity (Wildman–Crippen MR) is 173 cm³/mol. The number of benzene rings is 3. The fourth-order valence-corrected chi connectivity index (χ4v) is 10.9. The van der Waals surface area contributed by atoms with Gasteiger partial charge in [-0.3, -0.25) is 4.79 Å². The molecule has 6 atom stereocenters. The van der Waals surface area contributed by atoms with Crippen LogP contribution in [-0.4, -0.2) is 51.7 Å². The van der Waals surface area contributed by atoms with Crippen LogP contribution in [0.4, 0.5) is 0 Å². The highest BCUT2D eigenvalue weighted by Gasteiger charge is 2.50. The average Bonchev–Trinajstić information content (AvgIpc) is 3.04. The summed E-state index contributed by atoms with van der Waals surface area (Å²) in [7, 11) is -1.12. The molecule has 1 aliphatic heterocycles. The highest BCUT2D eigenvalue weighted by Crippen LogP contribution is 2.38. The molecule has 4 rings (SSSR count). The Labute approximate surface area is 258 Å². The lowest BCUT2D eigenvalue weighted by Crippen LogP contribution is -2.67. The van der Waals surface area contributed by atoms with Gasteiger partial charge in [0, 0.05) is 29.9 Å². The van der Waals surface area contributed by atoms with E-state index >= 15 is 0 Å². The lowest BCUT2D eigenvalue weighted by Gasteiger charge is -2.44. The summed E-state index contributed by atoms with van der Waals surface area (Å²) in [5.74, 6) is -0.464. The number of ether oxygens (including phenoxy) is 3. The third-order valence-electron chi connectivity index (χ3n) is 8.89. The highest BCUT2D eigenvalue weighted by molar-refractivity contribution is 6.99. The third kappa shape index (κ3) is 7.30. The molecule has 1 saturated heterocycles. The lowest BCUT2D eigenvalue weighted by atomic mass is 9.83. The van der Waals surface area contributed by atoms with Gasteiger partial charge in [-0.25, -0.2) is 0 Å². The van der Waals surface area contributed by atoms with E-state index in [2.05, 4.69) is 69.3 Å². The maximum absolute atomic E-state index is 13.7. The first kappa shape index (κ1) is 33.1. The standard InChI is InChI=1S/C36H48O6Si/c1-25(24-41-43(36(4,5)6,30-14-10-8-11-15-30)31-16-12-9-13-17-31)33(37)27(3)34(38)26(2)32-22-23-40-35(42-32)28-18-20-29(39-7)21-19-28/h8-21,25-27,32-33,35,37H,22-24H2,1-7H3/t25-,26+,27+,32+,33-,35+/m0/s1. The molecule has 0 radical (unpaired) electrons. The molecular formula is C36H48O6Si. The minimum atomic E-state index is -2.75. The molecule has 0 spiro atoms. The fourth-order valence-electron chi connectivity index (χ4n) is 6.24. The first-order valence-corrected chi connectivity index (χ1v) is 17.3. The summed E-state index contributed by atoms with van der Waals surface area (Å²) in [6.45, 7) is 13.2. The highest BCUT2D eigenvalue weighted by atomic mass is 28.4. The number of ketones is 1. The van der Waals surface area contributed by atoms with E-state index in [-0.39, 0.29) is 28.8 Å². The molecule has 6 nitrogen and oxygen atoms in total. The van der Waals surface area contributed by atoms with E-state index in [1.54, 1.807) is 7.11 Å². The van der Waals surface area contributed by atoms with Crippen LogP contribution < -0.4 is 15.1 Å². The van der Waals surface area contributed by atoms with Crippen LogP contribution in [0.5, 0.6) is 5.75 Å². The van der Waals surface area contributed by atoms with E-state index in [1.807, 2.05) is 57.2 Å². The molecule has 1 heterocycles. The molecule has 7 heteroatoms. The molecule has 3 aromatic carbocycles. The van der Waals surface area contributed by atoms with Gasteiger partial charge in [0.15, 0.2) is 6.29 Å². The normalized spacial score (nSPS) is 20.6. The van der Waals surface area contributed by atoms with Gasteiger partial charge in [0.25, 0.3) is 8.32 Å². The summed E-state index contributed by atoms with van der Waals surface area (Å²) in [6, 6.07) is 28.5. The quantitative estimate of drug-likeness (QED) is 0.259. The Morgan fingerprint density at radius 1 is 0.930 bits per heavy atom. The van der Waals surface area contributed by atoms with Crippen LogP contribution >= 0.6 is 0 Å². The predicted octanol–water partition coefficient (Wildman–Crippen LogP) is 5.91. The molecule has 0 unspecified atom stereocenters. The van der Waals surface area contributed by atoms with Crippen molar-refractivity contribution in [3.05, 3.63) is 90.5 Å². The smallest absolute Gasteiger partial charge is 0.261 e. The summed E-state index contributed by atoms with van der Waals surface area (Å²) >= 11 is 0. The van der Waals surface area contributed by atoms with Gasteiger partial charge in [-0.1, -0.05) is 114 Å². The molecule has 1 fully saturated rings. The number of hydrogen-bond donors (Lipinski definition) is 1. The summed E-state index contributed by atoms with van der Waals surface area (Å²) in [4.78, 5) is 13.7. The van der Waals surface area contributed by atoms with Crippen molar-refractivity contribution in [2.75, 3.05) is 20.3 Å². The van der Waals surface area contributed by atoms with Crippen LogP contribution in [0.25, 0.3) is 0 Å². The molecular weight excluding hydrogens is 556 g/mol. The van der Waals surface area contributed by atoms with Gasteiger partial charge in [0.1, 0.15) is 11.5 Å². The van der Waals surface area contributed by atoms with Crippen LogP contribution in [0.2, 0.25) is 5.04 Å². The zero-order chi connectivity index (χ0) is 31.2. The topological polar surface area (TPSA) is 74.2 Å². The Morgan fingerprint density at radius 2 is 1.49 bits per heavy atom. The number of Topliss-reactive ketones (excluding diaryl/α,β-unsaturated/α-hetero) is 1. The Kier molecular flexibility index (Phi) is 11.0. The van der Waals surface area contributed by atoms with Crippen molar-refractivity contribution in [3.8, 4) is 5.75 Å². The first-order chi connectivity index (χ1) is 20.5. The van der Waals surface area contributed by atoms with Crippen molar-refractivity contribution in [1.29, 1.82) is 0 Å². The van der Waals surface area contributed by atoms with E-state index in [0.717, 1.165) is 11.3 Å². The molecule has 0 amide bonds. The van der Waals surface area contributed by atoms with Gasteiger partial charge in [-0.2, -0.15) is 0 Å². The third-order valence-corrected chi connectivity index (χ3v) is 13.9. The zero-order valence-electron chi connectivity index (χ0n) is 26.7. The zero-order valence-corrected chi connectivity index (χ0v) is 27.7. The summed E-state index contributed by atoms with van der Waals surface area (Å²) in [5.41, 5.74) is 0.882. The molecule has 0 bridgehead atoms. The van der Waals surface area contributed by atoms with E-state index in [0.29, 0.717) is 19.6 Å². The van der Waals surface area contributed by atoms with Crippen LogP contribution in [-0.2, 0) is 18.7 Å². The van der Waals surface area contributed by atoms with Crippen molar-refractivity contribution >= 4 is 24.5 Å². The number of hydrogen-bond acceptors (Lipinski definition) is 6. The maximum Gasteiger partial charge on any atom is 0.261 e. The van der Waals surface area contributed by atoms with Crippen LogP contribution in [0.15, 0.2) is 84.9 Å². The molecule has 0 aliphatic carbocycles. The van der Waals surface area contributed by atoms with Crippen molar-refractivity contribution in [2.45, 2.75) is 71.5 Å². The van der Waals surface area contributed by atoms with Gasteiger partial charge in [0.05, 0.1) is 25.9 Å². The Bertz CT molecular complexity index is 1250. The van der Waals surface area contributed by atoms with Crippen LogP contribution in [0, 0.1) is 17.8 Å². The van der Waals surface area contributed by atoms with Crippen molar-refractivity contribution in [1.82, 2.24) is 0 Å². The second kappa shape index (κ2) is 14.3. The molecule has 43 heavy (non-hydrogen) atoms. The number of aliphatic hydroxyl groups is 1. The minimum absolute atomic E-state index is 0.00909. The van der Waals surface area contributed by atoms with Gasteiger partial charge in [-0.05, 0) is 34.0 Å². The average molecular weight is 605 g/mol. The Hall–Kier alpha value is -2.81. The molecule has 0 aromatic heterocycles. The van der Waals surface area contributed by atoms with E-state index in [9.17, 15) is 9.90 Å². The monoisotopic (exact) mass is 604 g/mol. The van der Waals surface area contributed by atoms with E-state index in [1.165, 1.54) is 10.4 Å². The van der Waals surface area contributed by atoms with Gasteiger partial charge >= 0.3 is 0 Å². The van der Waals surface area contributed by atoms with Gasteiger partial charge < -0.3 is 23.7 Å². The second-order valence-corrected chi connectivity index (χ2v) is 17.2. The Morgan fingerprint density at radius 3 is 2.00 bits per heavy atom. The number of carbonyl (C=O) groups excluding carboxylic acids is 1. The minimum Gasteiger partial charge on any atom is -0.497 e. The largest absolute Gasteiger partial charge is 0.497 e. The summed E-state index contributed by atoms with van der Waals surface area (Å²) < 4.78 is 24.4. The van der Waals surface area contributed by atoms with Gasteiger partial charge in [0.2, 0.25) is 0 Å². The summed E-state index contributed by atoms with van der Waals surface area (Å²) in [6.07, 6.45) is -1.08. The molecule has 1 N–H and O–H groups in total. The molecule has 232 valence electrons. The van der Waals surface area contributed by atoms with Crippen molar-refractivity contribution in [2.24, 2.45) is 17.8 Å². The Balaban J connectivity index is 1.46. The van der Waals surface area contributed by atoms with Crippen molar-refractivity contribution < 1.29 is 28.5 Å². The maximum atomic E-state index is 13.7. The summed E-state index contributed by atoms with van der Waals surface area (Å²) in [5, 5.41) is 13.7. The molecule has 1 aliphatic rings. The second-order valence-electron chi connectivity index (χ2n) is 12.9. The number of carbonyl (C=O) groups is 1. The van der Waals surface area contributed by atoms with E-state index < -0.39 is 26.6 Å². The van der Waals surface area contributed by atoms with Gasteiger partial charge in [-0.15, -0.1) is 0 Å². The van der Waals surface area contributed by atoms with Crippen molar-refractivity contribution in [3.63, 3.8) is 0 Å². The van der Waals surface area contributed by atoms with Crippen LogP contribution in [0.3, 0.4) is 0 Å². The molecule has 3 aromatic rings. The number of methoxy groups -OCH3 is 1. The number of aliphatic hydroxyl groups excluding tert-OH is 1. The van der Waals surface area contributed by atoms with Crippen LogP contribution in [0.1, 0.15) is 59.8 Å². The fraction of sp³-hybridized carbons (Fsp3) is 0.472. The first-order valence-electron chi connectivity index (χ1n) is 15.4. The SMILES string of the molecule is COc1ccc([C@@H]2OCC[C@H]([C@@H](C)C(=O)[C@H](C)[C@@H](O)[C@@H](C)CO[Si](c3ccccc3)(c3ccccc3)C(C)(C)C)O2)cc1. The lowest BCUT2D eigenvalue weighted by molar-refractivity contribution is -0.227. The molecule has 0 saturated carbocycles.